The molecule has 106 valence electrons. The Morgan fingerprint density at radius 1 is 1.25 bits per heavy atom. The summed E-state index contributed by atoms with van der Waals surface area (Å²) < 4.78 is 0. The highest BCUT2D eigenvalue weighted by molar-refractivity contribution is 6.00. The molecule has 20 heavy (non-hydrogen) atoms. The summed E-state index contributed by atoms with van der Waals surface area (Å²) in [5, 5.41) is 9.67. The van der Waals surface area contributed by atoms with E-state index in [0.29, 0.717) is 12.8 Å². The van der Waals surface area contributed by atoms with Gasteiger partial charge in [-0.1, -0.05) is 37.6 Å². The van der Waals surface area contributed by atoms with Gasteiger partial charge in [-0.15, -0.1) is 0 Å². The standard InChI is InChI=1S/C17H20O3/c1-16-8-5-9-17(2,15(19)20)14(16)10-13(18)11-6-3-4-7-12(11)16/h3-4,6-7,14H,5,8-10H2,1-2H3,(H,19,20)/t14-,16-,17+/m1/s1. The van der Waals surface area contributed by atoms with Crippen molar-refractivity contribution in [2.45, 2.75) is 44.9 Å². The molecular formula is C17H20O3. The van der Waals surface area contributed by atoms with Crippen LogP contribution in [0.2, 0.25) is 0 Å². The minimum absolute atomic E-state index is 0.0949. The van der Waals surface area contributed by atoms with Gasteiger partial charge in [0.1, 0.15) is 0 Å². The predicted octanol–water partition coefficient (Wildman–Crippen LogP) is 3.42. The second-order valence-electron chi connectivity index (χ2n) is 6.72. The van der Waals surface area contributed by atoms with Crippen LogP contribution in [-0.4, -0.2) is 16.9 Å². The number of hydrogen-bond acceptors (Lipinski definition) is 2. The van der Waals surface area contributed by atoms with Crippen LogP contribution in [0.1, 0.15) is 55.5 Å². The van der Waals surface area contributed by atoms with E-state index in [1.807, 2.05) is 31.2 Å². The van der Waals surface area contributed by atoms with Gasteiger partial charge in [0.05, 0.1) is 5.41 Å². The Hall–Kier alpha value is -1.64. The molecule has 2 aliphatic rings. The molecule has 0 unspecified atom stereocenters. The van der Waals surface area contributed by atoms with Gasteiger partial charge in [-0.05, 0) is 36.7 Å². The molecule has 0 bridgehead atoms. The molecule has 1 N–H and O–H groups in total. The Morgan fingerprint density at radius 2 is 1.95 bits per heavy atom. The fraction of sp³-hybridized carbons (Fsp3) is 0.529. The smallest absolute Gasteiger partial charge is 0.309 e. The third-order valence-electron chi connectivity index (χ3n) is 5.65. The topological polar surface area (TPSA) is 54.4 Å². The lowest BCUT2D eigenvalue weighted by Crippen LogP contribution is -2.53. The van der Waals surface area contributed by atoms with E-state index in [1.54, 1.807) is 0 Å². The lowest BCUT2D eigenvalue weighted by molar-refractivity contribution is -0.156. The minimum Gasteiger partial charge on any atom is -0.481 e. The first-order valence-electron chi connectivity index (χ1n) is 7.26. The van der Waals surface area contributed by atoms with E-state index < -0.39 is 11.4 Å². The average molecular weight is 272 g/mol. The molecular weight excluding hydrogens is 252 g/mol. The van der Waals surface area contributed by atoms with Gasteiger partial charge in [-0.25, -0.2) is 0 Å². The van der Waals surface area contributed by atoms with Gasteiger partial charge in [0, 0.05) is 12.0 Å². The summed E-state index contributed by atoms with van der Waals surface area (Å²) in [5.41, 5.74) is 0.848. The maximum absolute atomic E-state index is 12.4. The Bertz CT molecular complexity index is 592. The number of carboxylic acids is 1. The van der Waals surface area contributed by atoms with Gasteiger partial charge in [-0.3, -0.25) is 9.59 Å². The second-order valence-corrected chi connectivity index (χ2v) is 6.72. The molecule has 1 aromatic carbocycles. The summed E-state index contributed by atoms with van der Waals surface area (Å²) in [5.74, 6) is -0.776. The molecule has 3 atom stereocenters. The molecule has 3 heteroatoms. The van der Waals surface area contributed by atoms with Crippen molar-refractivity contribution in [1.82, 2.24) is 0 Å². The summed E-state index contributed by atoms with van der Waals surface area (Å²) in [6.07, 6.45) is 2.89. The van der Waals surface area contributed by atoms with Crippen molar-refractivity contribution in [3.05, 3.63) is 35.4 Å². The van der Waals surface area contributed by atoms with Crippen molar-refractivity contribution in [2.24, 2.45) is 11.3 Å². The van der Waals surface area contributed by atoms with Crippen LogP contribution >= 0.6 is 0 Å². The quantitative estimate of drug-likeness (QED) is 0.852. The summed E-state index contributed by atoms with van der Waals surface area (Å²) in [4.78, 5) is 24.2. The van der Waals surface area contributed by atoms with Gasteiger partial charge >= 0.3 is 5.97 Å². The third kappa shape index (κ3) is 1.58. The van der Waals surface area contributed by atoms with Crippen LogP contribution in [0.25, 0.3) is 0 Å². The van der Waals surface area contributed by atoms with E-state index in [0.717, 1.165) is 24.0 Å². The average Bonchev–Trinajstić information content (AvgIpc) is 2.42. The number of Topliss-reactive ketones (excluding diaryl/α,β-unsaturated/α-hetero) is 1. The van der Waals surface area contributed by atoms with E-state index in [2.05, 4.69) is 6.92 Å². The molecule has 1 saturated carbocycles. The summed E-state index contributed by atoms with van der Waals surface area (Å²) >= 11 is 0. The number of benzene rings is 1. The van der Waals surface area contributed by atoms with Crippen molar-refractivity contribution in [2.75, 3.05) is 0 Å². The summed E-state index contributed by atoms with van der Waals surface area (Å²) in [7, 11) is 0. The summed E-state index contributed by atoms with van der Waals surface area (Å²) in [6, 6.07) is 7.73. The number of carbonyl (C=O) groups excluding carboxylic acids is 1. The highest BCUT2D eigenvalue weighted by Gasteiger charge is 2.56. The van der Waals surface area contributed by atoms with Gasteiger partial charge in [-0.2, -0.15) is 0 Å². The number of aliphatic carboxylic acids is 1. The van der Waals surface area contributed by atoms with Crippen LogP contribution in [0.5, 0.6) is 0 Å². The Morgan fingerprint density at radius 3 is 2.65 bits per heavy atom. The van der Waals surface area contributed by atoms with Crippen LogP contribution in [0, 0.1) is 11.3 Å². The van der Waals surface area contributed by atoms with E-state index in [9.17, 15) is 14.7 Å². The van der Waals surface area contributed by atoms with Crippen molar-refractivity contribution in [1.29, 1.82) is 0 Å². The lowest BCUT2D eigenvalue weighted by atomic mass is 9.49. The largest absolute Gasteiger partial charge is 0.481 e. The zero-order chi connectivity index (χ0) is 14.5. The second kappa shape index (κ2) is 4.18. The van der Waals surface area contributed by atoms with Crippen LogP contribution in [0.4, 0.5) is 0 Å². The molecule has 0 radical (unpaired) electrons. The minimum atomic E-state index is -0.795. The molecule has 0 aromatic heterocycles. The maximum atomic E-state index is 12.4. The van der Waals surface area contributed by atoms with Gasteiger partial charge < -0.3 is 5.11 Å². The number of ketones is 1. The number of carboxylic acid groups (broad SMARTS) is 1. The van der Waals surface area contributed by atoms with Crippen molar-refractivity contribution >= 4 is 11.8 Å². The van der Waals surface area contributed by atoms with Crippen molar-refractivity contribution < 1.29 is 14.7 Å². The van der Waals surface area contributed by atoms with Gasteiger partial charge in [0.25, 0.3) is 0 Å². The zero-order valence-corrected chi connectivity index (χ0v) is 12.0. The van der Waals surface area contributed by atoms with Crippen LogP contribution < -0.4 is 0 Å². The molecule has 3 nitrogen and oxygen atoms in total. The van der Waals surface area contributed by atoms with E-state index in [4.69, 9.17) is 0 Å². The van der Waals surface area contributed by atoms with Crippen molar-refractivity contribution in [3.63, 3.8) is 0 Å². The Balaban J connectivity index is 2.19. The van der Waals surface area contributed by atoms with Crippen molar-refractivity contribution in [3.8, 4) is 0 Å². The molecule has 0 spiro atoms. The number of fused-ring (bicyclic) bond motifs is 3. The number of hydrogen-bond donors (Lipinski definition) is 1. The molecule has 0 saturated heterocycles. The molecule has 1 fully saturated rings. The lowest BCUT2D eigenvalue weighted by Gasteiger charge is -2.53. The first kappa shape index (κ1) is 13.3. The third-order valence-corrected chi connectivity index (χ3v) is 5.65. The van der Waals surface area contributed by atoms with E-state index in [1.165, 1.54) is 0 Å². The van der Waals surface area contributed by atoms with Gasteiger partial charge in [0.15, 0.2) is 5.78 Å². The SMILES string of the molecule is C[C@]1(C(=O)O)CCC[C@]2(C)c3ccccc3C(=O)C[C@@H]12. The normalized spacial score (nSPS) is 36.1. The Kier molecular flexibility index (Phi) is 2.79. The number of rotatable bonds is 1. The Labute approximate surface area is 119 Å². The highest BCUT2D eigenvalue weighted by atomic mass is 16.4. The van der Waals surface area contributed by atoms with Gasteiger partial charge in [0.2, 0.25) is 0 Å². The van der Waals surface area contributed by atoms with E-state index in [-0.39, 0.29) is 17.1 Å². The molecule has 1 aromatic rings. The fourth-order valence-electron chi connectivity index (χ4n) is 4.42. The van der Waals surface area contributed by atoms with E-state index >= 15 is 0 Å². The van der Waals surface area contributed by atoms with Crippen LogP contribution in [0.15, 0.2) is 24.3 Å². The monoisotopic (exact) mass is 272 g/mol. The summed E-state index contributed by atoms with van der Waals surface area (Å²) in [6.45, 7) is 3.96. The molecule has 0 aliphatic heterocycles. The van der Waals surface area contributed by atoms with Crippen LogP contribution in [0.3, 0.4) is 0 Å². The first-order chi connectivity index (χ1) is 9.39. The van der Waals surface area contributed by atoms with Crippen LogP contribution in [-0.2, 0) is 10.2 Å². The first-order valence-corrected chi connectivity index (χ1v) is 7.26. The molecule has 3 rings (SSSR count). The maximum Gasteiger partial charge on any atom is 0.309 e. The molecule has 0 heterocycles. The molecule has 2 aliphatic carbocycles. The number of carbonyl (C=O) groups is 2. The highest BCUT2D eigenvalue weighted by Crippen LogP contribution is 2.57. The molecule has 0 amide bonds. The fourth-order valence-corrected chi connectivity index (χ4v) is 4.42. The predicted molar refractivity (Wildman–Crippen MR) is 75.8 cm³/mol. The zero-order valence-electron chi connectivity index (χ0n) is 12.0.